The third kappa shape index (κ3) is 25.6. The fourth-order valence-corrected chi connectivity index (χ4v) is 7.88. The standard InChI is InChI=1S/C24H30OS.C14H12N2O4.C11H24.C7H16.C4H10/c1-7-19(4)14-16-21(8-2)12-10-11-13-23(9-3)26-24-18-22(25-6)17-15-20(24)5;1-7-2-3-8-9(6-7)14(20)16(13(8)19)10-4-5-11(17)15-12(10)18;1-4-7-10-11(8-5-2)9-6-3;1-4-5-6-7(2)3;1-3-4-2/h7-18H,1-6H3;2-3,6,10H,4-5H2,1H3,(H,15,17,18);11H,4-10H2,1-3H3;7H,4-6H2,1-3H3;3-4H2,1-2H3/b12-10+,13-11+,16-14-,19-7-,21-8-,23-9-;;;;. The van der Waals surface area contributed by atoms with Gasteiger partial charge in [0, 0.05) is 16.2 Å². The summed E-state index contributed by atoms with van der Waals surface area (Å²) in [6.45, 7) is 30.2. The Balaban J connectivity index is 0.000000937. The highest BCUT2D eigenvalue weighted by Crippen LogP contribution is 2.33. The summed E-state index contributed by atoms with van der Waals surface area (Å²) in [5, 5.41) is 2.16. The van der Waals surface area contributed by atoms with Crippen LogP contribution in [0.1, 0.15) is 205 Å². The van der Waals surface area contributed by atoms with Crippen molar-refractivity contribution in [3.05, 3.63) is 129 Å². The smallest absolute Gasteiger partial charge is 0.262 e. The molecule has 2 aliphatic rings. The minimum Gasteiger partial charge on any atom is -0.497 e. The van der Waals surface area contributed by atoms with Crippen LogP contribution in [0.25, 0.3) is 0 Å². The Kier molecular flexibility index (Phi) is 35.6. The van der Waals surface area contributed by atoms with Gasteiger partial charge in [0.05, 0.1) is 18.2 Å². The molecule has 7 nitrogen and oxygen atoms in total. The maximum atomic E-state index is 12.3. The molecule has 0 saturated carbocycles. The van der Waals surface area contributed by atoms with E-state index in [4.69, 9.17) is 4.74 Å². The number of unbranched alkanes of at least 4 members (excludes halogenated alkanes) is 3. The van der Waals surface area contributed by atoms with Gasteiger partial charge < -0.3 is 4.74 Å². The average molecular weight is 953 g/mol. The summed E-state index contributed by atoms with van der Waals surface area (Å²) in [6.07, 6.45) is 36.0. The molecule has 1 atom stereocenters. The molecule has 0 aromatic heterocycles. The molecule has 2 aliphatic heterocycles. The van der Waals surface area contributed by atoms with Crippen molar-refractivity contribution in [3.63, 3.8) is 0 Å². The molecule has 0 radical (unpaired) electrons. The summed E-state index contributed by atoms with van der Waals surface area (Å²) in [6, 6.07) is 10.3. The molecule has 1 saturated heterocycles. The normalized spacial score (nSPS) is 15.2. The third-order valence-electron chi connectivity index (χ3n) is 11.5. The molecule has 0 bridgehead atoms. The number of carbonyl (C=O) groups excluding carboxylic acids is 4. The van der Waals surface area contributed by atoms with Gasteiger partial charge in [0.1, 0.15) is 11.8 Å². The van der Waals surface area contributed by atoms with Crippen LogP contribution in [0, 0.1) is 25.7 Å². The van der Waals surface area contributed by atoms with E-state index in [1.165, 1.54) is 104 Å². The summed E-state index contributed by atoms with van der Waals surface area (Å²) in [5.41, 5.74) is 5.20. The van der Waals surface area contributed by atoms with E-state index < -0.39 is 23.8 Å². The number of hydrogen-bond acceptors (Lipinski definition) is 6. The summed E-state index contributed by atoms with van der Waals surface area (Å²) in [4.78, 5) is 51.0. The molecule has 0 aliphatic carbocycles. The predicted octanol–water partition coefficient (Wildman–Crippen LogP) is 17.0. The van der Waals surface area contributed by atoms with Crippen LogP contribution in [0.3, 0.4) is 0 Å². The van der Waals surface area contributed by atoms with E-state index in [1.807, 2.05) is 19.9 Å². The number of thioether (sulfide) groups is 1. The Morgan fingerprint density at radius 2 is 1.34 bits per heavy atom. The number of carbonyl (C=O) groups is 4. The molecule has 2 heterocycles. The number of piperidine rings is 1. The second kappa shape index (κ2) is 38.2. The van der Waals surface area contributed by atoms with E-state index in [0.717, 1.165) is 28.0 Å². The molecule has 8 heteroatoms. The van der Waals surface area contributed by atoms with Crippen molar-refractivity contribution in [2.45, 2.75) is 198 Å². The molecule has 1 N–H and O–H groups in total. The minimum atomic E-state index is -0.902. The number of methoxy groups -OCH3 is 1. The molecule has 2 aromatic carbocycles. The van der Waals surface area contributed by atoms with Gasteiger partial charge in [-0.05, 0) is 101 Å². The number of aryl methyl sites for hydroxylation is 2. The van der Waals surface area contributed by atoms with Gasteiger partial charge in [0.2, 0.25) is 11.8 Å². The van der Waals surface area contributed by atoms with E-state index in [1.54, 1.807) is 37.1 Å². The lowest BCUT2D eigenvalue weighted by atomic mass is 9.93. The van der Waals surface area contributed by atoms with Crippen molar-refractivity contribution < 1.29 is 23.9 Å². The van der Waals surface area contributed by atoms with Gasteiger partial charge in [-0.15, -0.1) is 0 Å². The van der Waals surface area contributed by atoms with Crippen molar-refractivity contribution in [3.8, 4) is 5.75 Å². The van der Waals surface area contributed by atoms with Gasteiger partial charge in [-0.1, -0.05) is 216 Å². The maximum Gasteiger partial charge on any atom is 0.262 e. The number of benzene rings is 2. The van der Waals surface area contributed by atoms with Gasteiger partial charge in [0.15, 0.2) is 0 Å². The van der Waals surface area contributed by atoms with Crippen LogP contribution < -0.4 is 10.1 Å². The zero-order valence-corrected chi connectivity index (χ0v) is 46.0. The molecular weight excluding hydrogens is 861 g/mol. The number of fused-ring (bicyclic) bond motifs is 1. The van der Waals surface area contributed by atoms with Crippen molar-refractivity contribution in [2.75, 3.05) is 7.11 Å². The van der Waals surface area contributed by atoms with Crippen LogP contribution >= 0.6 is 11.8 Å². The van der Waals surface area contributed by atoms with Gasteiger partial charge >= 0.3 is 0 Å². The zero-order chi connectivity index (χ0) is 51.4. The molecule has 4 amide bonds. The summed E-state index contributed by atoms with van der Waals surface area (Å²) >= 11 is 1.75. The van der Waals surface area contributed by atoms with Crippen molar-refractivity contribution in [1.29, 1.82) is 0 Å². The predicted molar refractivity (Wildman–Crippen MR) is 294 cm³/mol. The lowest BCUT2D eigenvalue weighted by Crippen LogP contribution is -2.54. The summed E-state index contributed by atoms with van der Waals surface area (Å²) in [7, 11) is 1.70. The molecule has 0 spiro atoms. The number of rotatable bonds is 20. The Labute approximate surface area is 419 Å². The highest BCUT2D eigenvalue weighted by molar-refractivity contribution is 8.03. The van der Waals surface area contributed by atoms with Crippen molar-refractivity contribution >= 4 is 35.4 Å². The summed E-state index contributed by atoms with van der Waals surface area (Å²) < 4.78 is 5.33. The molecule has 1 fully saturated rings. The highest BCUT2D eigenvalue weighted by Gasteiger charge is 2.44. The number of nitrogens with zero attached hydrogens (tertiary/aromatic N) is 1. The van der Waals surface area contributed by atoms with Crippen LogP contribution in [-0.4, -0.2) is 41.7 Å². The van der Waals surface area contributed by atoms with Crippen LogP contribution in [0.4, 0.5) is 0 Å². The molecule has 68 heavy (non-hydrogen) atoms. The van der Waals surface area contributed by atoms with Gasteiger partial charge in [-0.3, -0.25) is 29.4 Å². The second-order valence-corrected chi connectivity index (χ2v) is 19.0. The molecular formula is C60H92N2O5S. The number of amides is 4. The van der Waals surface area contributed by atoms with Gasteiger partial charge in [-0.25, -0.2) is 0 Å². The number of hydrogen-bond donors (Lipinski definition) is 1. The first kappa shape index (κ1) is 63.3. The van der Waals surface area contributed by atoms with E-state index in [-0.39, 0.29) is 18.7 Å². The van der Waals surface area contributed by atoms with Crippen molar-refractivity contribution in [2.24, 2.45) is 11.8 Å². The first-order valence-electron chi connectivity index (χ1n) is 25.7. The first-order valence-corrected chi connectivity index (χ1v) is 26.5. The van der Waals surface area contributed by atoms with E-state index in [9.17, 15) is 19.2 Å². The van der Waals surface area contributed by atoms with Crippen molar-refractivity contribution in [1.82, 2.24) is 10.2 Å². The quantitative estimate of drug-likeness (QED) is 0.0807. The number of nitrogens with one attached hydrogen (secondary N) is 1. The average Bonchev–Trinajstić information content (AvgIpc) is 3.57. The van der Waals surface area contributed by atoms with E-state index in [0.29, 0.717) is 11.1 Å². The maximum absolute atomic E-state index is 12.3. The van der Waals surface area contributed by atoms with Crippen LogP contribution in [0.5, 0.6) is 5.75 Å². The van der Waals surface area contributed by atoms with Gasteiger partial charge in [0.25, 0.3) is 11.8 Å². The van der Waals surface area contributed by atoms with E-state index in [2.05, 4.69) is 155 Å². The van der Waals surface area contributed by atoms with Crippen LogP contribution in [-0.2, 0) is 9.59 Å². The fraction of sp³-hybridized carbons (Fsp3) is 0.533. The third-order valence-corrected chi connectivity index (χ3v) is 12.8. The SMILES string of the molecule is CCCC.CCCCC(C)C.CCCCC(CCC)CCC.C\C=C(C)/C=C\C(=C/C)\C=C\C=C\C(=C\C)Sc1cc(OC)ccc1C.Cc1ccc2c(c1)C(=O)N(C1CCC(=O)NC1=O)C2=O. The summed E-state index contributed by atoms with van der Waals surface area (Å²) in [5.74, 6) is 0.914. The number of allylic oxidation sites excluding steroid dienone is 11. The highest BCUT2D eigenvalue weighted by atomic mass is 32.2. The Bertz CT molecular complexity index is 1980. The molecule has 2 aromatic rings. The Hall–Kier alpha value is -4.69. The Morgan fingerprint density at radius 3 is 1.85 bits per heavy atom. The second-order valence-electron chi connectivity index (χ2n) is 17.9. The minimum absolute atomic E-state index is 0.128. The zero-order valence-electron chi connectivity index (χ0n) is 45.2. The first-order chi connectivity index (χ1) is 32.5. The van der Waals surface area contributed by atoms with E-state index >= 15 is 0 Å². The van der Waals surface area contributed by atoms with Crippen LogP contribution in [0.15, 0.2) is 112 Å². The lowest BCUT2D eigenvalue weighted by Gasteiger charge is -2.27. The largest absolute Gasteiger partial charge is 0.497 e. The fourth-order valence-electron chi connectivity index (χ4n) is 6.96. The monoisotopic (exact) mass is 953 g/mol. The molecule has 1 unspecified atom stereocenters. The van der Waals surface area contributed by atoms with Gasteiger partial charge in [-0.2, -0.15) is 0 Å². The topological polar surface area (TPSA) is 92.8 Å². The molecule has 4 rings (SSSR count). The van der Waals surface area contributed by atoms with Crippen LogP contribution in [0.2, 0.25) is 0 Å². The number of imide groups is 2. The lowest BCUT2D eigenvalue weighted by molar-refractivity contribution is -0.136. The Morgan fingerprint density at radius 1 is 0.721 bits per heavy atom. The molecule has 378 valence electrons. The number of ether oxygens (including phenoxy) is 1.